The average molecular weight is 459 g/mol. The lowest BCUT2D eigenvalue weighted by molar-refractivity contribution is 0.210. The van der Waals surface area contributed by atoms with Crippen molar-refractivity contribution in [3.8, 4) is 11.5 Å². The minimum atomic E-state index is -0.705. The fraction of sp³-hybridized carbons (Fsp3) is 0.208. The van der Waals surface area contributed by atoms with Crippen LogP contribution in [0.1, 0.15) is 11.1 Å². The fourth-order valence-corrected chi connectivity index (χ4v) is 3.11. The van der Waals surface area contributed by atoms with E-state index >= 15 is 0 Å². The van der Waals surface area contributed by atoms with Gasteiger partial charge in [0.1, 0.15) is 24.1 Å². The van der Waals surface area contributed by atoms with E-state index in [-0.39, 0.29) is 37.5 Å². The van der Waals surface area contributed by atoms with Gasteiger partial charge < -0.3 is 25.4 Å². The van der Waals surface area contributed by atoms with Crippen molar-refractivity contribution >= 4 is 11.7 Å². The van der Waals surface area contributed by atoms with E-state index in [1.54, 1.807) is 24.3 Å². The highest BCUT2D eigenvalue weighted by atomic mass is 19.1. The first kappa shape index (κ1) is 23.9. The second-order valence-corrected chi connectivity index (χ2v) is 7.13. The molecule has 0 spiro atoms. The molecule has 9 heteroatoms. The summed E-state index contributed by atoms with van der Waals surface area (Å²) >= 11 is 0. The molecule has 3 aromatic carbocycles. The molecule has 3 rings (SSSR count). The van der Waals surface area contributed by atoms with Gasteiger partial charge in [-0.1, -0.05) is 18.2 Å². The van der Waals surface area contributed by atoms with Crippen LogP contribution in [0.2, 0.25) is 0 Å². The molecular weight excluding hydrogens is 435 g/mol. The number of hydrogen-bond donors (Lipinski definition) is 2. The molecule has 0 heterocycles. The molecule has 33 heavy (non-hydrogen) atoms. The van der Waals surface area contributed by atoms with Gasteiger partial charge in [-0.3, -0.25) is 0 Å². The van der Waals surface area contributed by atoms with Crippen molar-refractivity contribution in [1.82, 2.24) is 4.90 Å². The van der Waals surface area contributed by atoms with Crippen LogP contribution in [0.25, 0.3) is 0 Å². The molecule has 0 atom stereocenters. The largest absolute Gasteiger partial charge is 0.493 e. The number of nitrogens with one attached hydrogen (secondary N) is 1. The van der Waals surface area contributed by atoms with E-state index in [0.29, 0.717) is 17.1 Å². The first-order chi connectivity index (χ1) is 15.9. The van der Waals surface area contributed by atoms with Gasteiger partial charge in [-0.2, -0.15) is 0 Å². The van der Waals surface area contributed by atoms with Crippen LogP contribution in [0.3, 0.4) is 0 Å². The van der Waals surface area contributed by atoms with Crippen molar-refractivity contribution in [2.45, 2.75) is 13.2 Å². The summed E-state index contributed by atoms with van der Waals surface area (Å²) in [5, 5.41) is 2.54. The summed E-state index contributed by atoms with van der Waals surface area (Å²) in [4.78, 5) is 14.1. The summed E-state index contributed by atoms with van der Waals surface area (Å²) in [5.41, 5.74) is 6.62. The highest BCUT2D eigenvalue weighted by Gasteiger charge is 2.17. The van der Waals surface area contributed by atoms with E-state index in [1.165, 1.54) is 36.3 Å². The zero-order valence-electron chi connectivity index (χ0n) is 18.0. The third-order valence-electron chi connectivity index (χ3n) is 4.80. The topological polar surface area (TPSA) is 76.8 Å². The second kappa shape index (κ2) is 11.2. The zero-order chi connectivity index (χ0) is 23.8. The number of carbonyl (C=O) groups excluding carboxylic acids is 1. The van der Waals surface area contributed by atoms with Crippen LogP contribution >= 0.6 is 0 Å². The van der Waals surface area contributed by atoms with Crippen molar-refractivity contribution in [3.05, 3.63) is 89.2 Å². The number of hydrogen-bond acceptors (Lipinski definition) is 4. The average Bonchev–Trinajstić information content (AvgIpc) is 2.80. The Kier molecular flexibility index (Phi) is 8.15. The number of para-hydroxylation sites is 1. The number of nitrogens with zero attached hydrogens (tertiary/aromatic N) is 1. The molecule has 0 fully saturated rings. The molecule has 0 aliphatic rings. The van der Waals surface area contributed by atoms with Gasteiger partial charge in [0.05, 0.1) is 12.8 Å². The van der Waals surface area contributed by atoms with Gasteiger partial charge >= 0.3 is 6.03 Å². The quantitative estimate of drug-likeness (QED) is 0.487. The highest BCUT2D eigenvalue weighted by Crippen LogP contribution is 2.30. The Morgan fingerprint density at radius 3 is 2.48 bits per heavy atom. The molecule has 6 nitrogen and oxygen atoms in total. The van der Waals surface area contributed by atoms with E-state index in [0.717, 1.165) is 12.1 Å². The molecule has 174 valence electrons. The molecule has 0 radical (unpaired) electrons. The van der Waals surface area contributed by atoms with Gasteiger partial charge in [-0.05, 0) is 42.0 Å². The maximum absolute atomic E-state index is 13.9. The third-order valence-corrected chi connectivity index (χ3v) is 4.80. The van der Waals surface area contributed by atoms with Gasteiger partial charge in [-0.25, -0.2) is 18.0 Å². The predicted molar refractivity (Wildman–Crippen MR) is 119 cm³/mol. The summed E-state index contributed by atoms with van der Waals surface area (Å²) in [7, 11) is 1.45. The highest BCUT2D eigenvalue weighted by molar-refractivity contribution is 5.89. The molecule has 0 unspecified atom stereocenters. The summed E-state index contributed by atoms with van der Waals surface area (Å²) in [6.07, 6.45) is 0. The van der Waals surface area contributed by atoms with Crippen molar-refractivity contribution in [2.75, 3.05) is 25.5 Å². The number of benzene rings is 3. The molecule has 0 bridgehead atoms. The predicted octanol–water partition coefficient (Wildman–Crippen LogP) is 4.68. The fourth-order valence-electron chi connectivity index (χ4n) is 3.11. The molecule has 0 aliphatic carbocycles. The van der Waals surface area contributed by atoms with Crippen LogP contribution in [0.5, 0.6) is 11.5 Å². The Balaban J connectivity index is 1.70. The monoisotopic (exact) mass is 459 g/mol. The first-order valence-electron chi connectivity index (χ1n) is 10.2. The zero-order valence-corrected chi connectivity index (χ0v) is 18.0. The van der Waals surface area contributed by atoms with E-state index in [1.807, 2.05) is 0 Å². The Labute approximate surface area is 189 Å². The van der Waals surface area contributed by atoms with Crippen LogP contribution in [0, 0.1) is 17.5 Å². The lowest BCUT2D eigenvalue weighted by atomic mass is 10.2. The van der Waals surface area contributed by atoms with Gasteiger partial charge in [0.15, 0.2) is 11.5 Å². The van der Waals surface area contributed by atoms with Gasteiger partial charge in [-0.15, -0.1) is 0 Å². The number of urea groups is 1. The van der Waals surface area contributed by atoms with Crippen molar-refractivity contribution in [1.29, 1.82) is 0 Å². The van der Waals surface area contributed by atoms with E-state index < -0.39 is 23.5 Å². The van der Waals surface area contributed by atoms with Gasteiger partial charge in [0, 0.05) is 31.3 Å². The molecule has 0 aromatic heterocycles. The summed E-state index contributed by atoms with van der Waals surface area (Å²) in [6.45, 7) is 0.518. The Morgan fingerprint density at radius 2 is 1.79 bits per heavy atom. The molecule has 0 saturated carbocycles. The summed E-state index contributed by atoms with van der Waals surface area (Å²) in [6, 6.07) is 13.6. The Hall–Kier alpha value is -3.72. The number of carbonyl (C=O) groups is 1. The van der Waals surface area contributed by atoms with Crippen LogP contribution in [-0.2, 0) is 13.2 Å². The Bertz CT molecular complexity index is 1110. The maximum atomic E-state index is 13.9. The minimum Gasteiger partial charge on any atom is -0.493 e. The van der Waals surface area contributed by atoms with Gasteiger partial charge in [0.2, 0.25) is 0 Å². The lowest BCUT2D eigenvalue weighted by Crippen LogP contribution is -2.38. The minimum absolute atomic E-state index is 0.0684. The normalized spacial score (nSPS) is 10.6. The van der Waals surface area contributed by atoms with Crippen molar-refractivity contribution in [3.63, 3.8) is 0 Å². The number of nitrogens with two attached hydrogens (primary N) is 1. The molecule has 0 aliphatic heterocycles. The number of anilines is 1. The standard InChI is InChI=1S/C24H24F3N3O3/c1-32-23-12-16(6-9-22(23)33-15-17-7-8-18(25)13-20(17)27)14-30(11-10-28)24(31)29-21-5-3-2-4-19(21)26/h2-9,12-13H,10-11,14-15,28H2,1H3,(H,29,31). The Morgan fingerprint density at radius 1 is 1.00 bits per heavy atom. The number of rotatable bonds is 9. The summed E-state index contributed by atoms with van der Waals surface area (Å²) < 4.78 is 51.8. The molecule has 2 amide bonds. The maximum Gasteiger partial charge on any atom is 0.322 e. The van der Waals surface area contributed by atoms with Crippen LogP contribution in [0.4, 0.5) is 23.7 Å². The van der Waals surface area contributed by atoms with Gasteiger partial charge in [0.25, 0.3) is 0 Å². The van der Waals surface area contributed by atoms with Crippen LogP contribution in [-0.4, -0.2) is 31.1 Å². The molecular formula is C24H24F3N3O3. The summed E-state index contributed by atoms with van der Waals surface area (Å²) in [5.74, 6) is -1.19. The van der Waals surface area contributed by atoms with Crippen LogP contribution in [0.15, 0.2) is 60.7 Å². The number of methoxy groups -OCH3 is 1. The number of halogens is 3. The second-order valence-electron chi connectivity index (χ2n) is 7.13. The van der Waals surface area contributed by atoms with E-state index in [4.69, 9.17) is 15.2 Å². The lowest BCUT2D eigenvalue weighted by Gasteiger charge is -2.23. The molecule has 3 aromatic rings. The smallest absolute Gasteiger partial charge is 0.322 e. The number of amides is 2. The van der Waals surface area contributed by atoms with Crippen molar-refractivity contribution < 1.29 is 27.4 Å². The van der Waals surface area contributed by atoms with Crippen molar-refractivity contribution in [2.24, 2.45) is 5.73 Å². The first-order valence-corrected chi connectivity index (χ1v) is 10.2. The van der Waals surface area contributed by atoms with E-state index in [2.05, 4.69) is 5.32 Å². The SMILES string of the molecule is COc1cc(CN(CCN)C(=O)Nc2ccccc2F)ccc1OCc1ccc(F)cc1F. The van der Waals surface area contributed by atoms with E-state index in [9.17, 15) is 18.0 Å². The third kappa shape index (κ3) is 6.39. The number of ether oxygens (including phenoxy) is 2. The molecule has 3 N–H and O–H groups in total. The molecule has 0 saturated heterocycles. The van der Waals surface area contributed by atoms with Crippen LogP contribution < -0.4 is 20.5 Å².